The van der Waals surface area contributed by atoms with E-state index in [1.807, 2.05) is 30.3 Å². The molecule has 0 amide bonds. The van der Waals surface area contributed by atoms with Gasteiger partial charge in [0.15, 0.2) is 6.10 Å². The molecule has 0 heterocycles. The molecule has 2 aromatic carbocycles. The fraction of sp³-hybridized carbons (Fsp3) is 0.167. The number of rotatable bonds is 5. The molecule has 3 heteroatoms. The van der Waals surface area contributed by atoms with Gasteiger partial charge < -0.3 is 4.74 Å². The van der Waals surface area contributed by atoms with Crippen LogP contribution in [0.25, 0.3) is 0 Å². The van der Waals surface area contributed by atoms with Crippen LogP contribution >= 0.6 is 0 Å². The molecule has 0 N–H and O–H groups in total. The van der Waals surface area contributed by atoms with E-state index in [0.717, 1.165) is 11.1 Å². The fourth-order valence-electron chi connectivity index (χ4n) is 1.95. The minimum atomic E-state index is -0.524. The molecule has 2 aromatic rings. The van der Waals surface area contributed by atoms with Gasteiger partial charge in [-0.05, 0) is 23.6 Å². The highest BCUT2D eigenvalue weighted by molar-refractivity contribution is 5.87. The minimum absolute atomic E-state index is 0.344. The summed E-state index contributed by atoms with van der Waals surface area (Å²) in [6, 6.07) is 16.4. The molecule has 2 rings (SSSR count). The standard InChI is InChI=1S/C18H17FO2/c1-13(2)18(20)21-17(15-6-4-3-5-7-15)16-10-8-14(12-19)9-11-16/h3-11,17H,1,12H2,2H3. The lowest BCUT2D eigenvalue weighted by Gasteiger charge is -2.19. The molecule has 0 aliphatic rings. The number of benzene rings is 2. The molecular formula is C18H17FO2. The first-order valence-corrected chi connectivity index (χ1v) is 6.68. The molecule has 0 bridgehead atoms. The maximum absolute atomic E-state index is 12.6. The maximum atomic E-state index is 12.6. The highest BCUT2D eigenvalue weighted by atomic mass is 19.1. The van der Waals surface area contributed by atoms with E-state index >= 15 is 0 Å². The van der Waals surface area contributed by atoms with Gasteiger partial charge in [0, 0.05) is 5.57 Å². The second-order valence-corrected chi connectivity index (χ2v) is 4.85. The molecule has 21 heavy (non-hydrogen) atoms. The van der Waals surface area contributed by atoms with E-state index < -0.39 is 18.7 Å². The van der Waals surface area contributed by atoms with Crippen LogP contribution in [-0.2, 0) is 16.2 Å². The first-order valence-electron chi connectivity index (χ1n) is 6.68. The summed E-state index contributed by atoms with van der Waals surface area (Å²) >= 11 is 0. The molecule has 108 valence electrons. The van der Waals surface area contributed by atoms with Crippen molar-refractivity contribution in [3.8, 4) is 0 Å². The van der Waals surface area contributed by atoms with Gasteiger partial charge in [-0.25, -0.2) is 9.18 Å². The Labute approximate surface area is 123 Å². The molecule has 0 saturated carbocycles. The number of ether oxygens (including phenoxy) is 1. The zero-order valence-electron chi connectivity index (χ0n) is 11.9. The topological polar surface area (TPSA) is 26.3 Å². The number of hydrogen-bond acceptors (Lipinski definition) is 2. The van der Waals surface area contributed by atoms with Crippen LogP contribution in [0.2, 0.25) is 0 Å². The monoisotopic (exact) mass is 284 g/mol. The lowest BCUT2D eigenvalue weighted by molar-refractivity contribution is -0.142. The molecular weight excluding hydrogens is 267 g/mol. The Morgan fingerprint density at radius 1 is 1.10 bits per heavy atom. The zero-order valence-corrected chi connectivity index (χ0v) is 11.9. The summed E-state index contributed by atoms with van der Waals surface area (Å²) in [5.41, 5.74) is 2.60. The molecule has 0 spiro atoms. The van der Waals surface area contributed by atoms with Crippen LogP contribution in [0.4, 0.5) is 4.39 Å². The predicted octanol–water partition coefficient (Wildman–Crippen LogP) is 4.36. The summed E-state index contributed by atoms with van der Waals surface area (Å²) in [7, 11) is 0. The molecule has 1 atom stereocenters. The zero-order chi connectivity index (χ0) is 15.2. The minimum Gasteiger partial charge on any atom is -0.449 e. The number of carbonyl (C=O) groups is 1. The van der Waals surface area contributed by atoms with E-state index in [1.54, 1.807) is 31.2 Å². The number of esters is 1. The van der Waals surface area contributed by atoms with Crippen LogP contribution in [0, 0.1) is 0 Å². The average molecular weight is 284 g/mol. The lowest BCUT2D eigenvalue weighted by atomic mass is 10.0. The maximum Gasteiger partial charge on any atom is 0.334 e. The number of halogens is 1. The fourth-order valence-corrected chi connectivity index (χ4v) is 1.95. The Kier molecular flexibility index (Phi) is 4.88. The van der Waals surface area contributed by atoms with Crippen molar-refractivity contribution in [1.29, 1.82) is 0 Å². The van der Waals surface area contributed by atoms with E-state index in [-0.39, 0.29) is 0 Å². The predicted molar refractivity (Wildman–Crippen MR) is 80.4 cm³/mol. The second kappa shape index (κ2) is 6.84. The Morgan fingerprint density at radius 2 is 1.67 bits per heavy atom. The molecule has 0 radical (unpaired) electrons. The van der Waals surface area contributed by atoms with Crippen LogP contribution in [0.3, 0.4) is 0 Å². The van der Waals surface area contributed by atoms with Crippen molar-refractivity contribution in [2.24, 2.45) is 0 Å². The van der Waals surface area contributed by atoms with Crippen molar-refractivity contribution < 1.29 is 13.9 Å². The molecule has 1 unspecified atom stereocenters. The Morgan fingerprint density at radius 3 is 2.19 bits per heavy atom. The van der Waals surface area contributed by atoms with E-state index in [9.17, 15) is 9.18 Å². The number of carbonyl (C=O) groups excluding carboxylic acids is 1. The van der Waals surface area contributed by atoms with Gasteiger partial charge in [0.1, 0.15) is 6.67 Å². The third-order valence-electron chi connectivity index (χ3n) is 3.11. The summed E-state index contributed by atoms with van der Waals surface area (Å²) < 4.78 is 18.1. The SMILES string of the molecule is C=C(C)C(=O)OC(c1ccccc1)c1ccc(CF)cc1. The third kappa shape index (κ3) is 3.78. The second-order valence-electron chi connectivity index (χ2n) is 4.85. The van der Waals surface area contributed by atoms with Crippen molar-refractivity contribution in [2.75, 3.05) is 0 Å². The van der Waals surface area contributed by atoms with Gasteiger partial charge in [0.25, 0.3) is 0 Å². The van der Waals surface area contributed by atoms with E-state index in [0.29, 0.717) is 11.1 Å². The number of alkyl halides is 1. The van der Waals surface area contributed by atoms with Crippen molar-refractivity contribution in [3.63, 3.8) is 0 Å². The molecule has 2 nitrogen and oxygen atoms in total. The van der Waals surface area contributed by atoms with E-state index in [1.165, 1.54) is 0 Å². The van der Waals surface area contributed by atoms with Crippen LogP contribution < -0.4 is 0 Å². The lowest BCUT2D eigenvalue weighted by Crippen LogP contribution is -2.13. The van der Waals surface area contributed by atoms with Gasteiger partial charge >= 0.3 is 5.97 Å². The quantitative estimate of drug-likeness (QED) is 0.602. The first-order chi connectivity index (χ1) is 10.1. The summed E-state index contributed by atoms with van der Waals surface area (Å²) in [6.45, 7) is 4.69. The third-order valence-corrected chi connectivity index (χ3v) is 3.11. The van der Waals surface area contributed by atoms with Crippen molar-refractivity contribution in [2.45, 2.75) is 19.7 Å². The first kappa shape index (κ1) is 15.0. The molecule has 0 fully saturated rings. The molecule has 0 aliphatic carbocycles. The van der Waals surface area contributed by atoms with Gasteiger partial charge in [0.2, 0.25) is 0 Å². The highest BCUT2D eigenvalue weighted by Crippen LogP contribution is 2.27. The summed E-state index contributed by atoms with van der Waals surface area (Å²) in [4.78, 5) is 11.8. The van der Waals surface area contributed by atoms with Crippen molar-refractivity contribution in [1.82, 2.24) is 0 Å². The molecule has 0 aromatic heterocycles. The van der Waals surface area contributed by atoms with Crippen LogP contribution in [0.15, 0.2) is 66.7 Å². The summed E-state index contributed by atoms with van der Waals surface area (Å²) in [5, 5.41) is 0. The van der Waals surface area contributed by atoms with Gasteiger partial charge in [-0.3, -0.25) is 0 Å². The summed E-state index contributed by atoms with van der Waals surface area (Å²) in [6.07, 6.45) is -0.524. The van der Waals surface area contributed by atoms with Crippen LogP contribution in [-0.4, -0.2) is 5.97 Å². The Balaban J connectivity index is 2.35. The van der Waals surface area contributed by atoms with Gasteiger partial charge in [-0.2, -0.15) is 0 Å². The molecule has 0 aliphatic heterocycles. The smallest absolute Gasteiger partial charge is 0.334 e. The van der Waals surface area contributed by atoms with Gasteiger partial charge in [-0.15, -0.1) is 0 Å². The van der Waals surface area contributed by atoms with Crippen LogP contribution in [0.1, 0.15) is 29.7 Å². The Hall–Kier alpha value is -2.42. The Bertz CT molecular complexity index is 617. The van der Waals surface area contributed by atoms with Gasteiger partial charge in [-0.1, -0.05) is 61.2 Å². The number of hydrogen-bond donors (Lipinski definition) is 0. The van der Waals surface area contributed by atoms with E-state index in [2.05, 4.69) is 6.58 Å². The molecule has 0 saturated heterocycles. The normalized spacial score (nSPS) is 11.7. The highest BCUT2D eigenvalue weighted by Gasteiger charge is 2.19. The van der Waals surface area contributed by atoms with E-state index in [4.69, 9.17) is 4.74 Å². The van der Waals surface area contributed by atoms with Crippen LogP contribution in [0.5, 0.6) is 0 Å². The summed E-state index contributed by atoms with van der Waals surface area (Å²) in [5.74, 6) is -0.446. The van der Waals surface area contributed by atoms with Gasteiger partial charge in [0.05, 0.1) is 0 Å². The largest absolute Gasteiger partial charge is 0.449 e. The van der Waals surface area contributed by atoms with Crippen molar-refractivity contribution in [3.05, 3.63) is 83.4 Å². The average Bonchev–Trinajstić information content (AvgIpc) is 2.53. The van der Waals surface area contributed by atoms with Crippen molar-refractivity contribution >= 4 is 5.97 Å².